The third-order valence-electron chi connectivity index (χ3n) is 16.3. The summed E-state index contributed by atoms with van der Waals surface area (Å²) in [6, 6.07) is 65.1. The van der Waals surface area contributed by atoms with Crippen molar-refractivity contribution in [3.05, 3.63) is 237 Å². The summed E-state index contributed by atoms with van der Waals surface area (Å²) in [5.74, 6) is 1.22. The van der Waals surface area contributed by atoms with E-state index in [1.54, 1.807) is 11.3 Å². The Hall–Kier alpha value is -6.10. The van der Waals surface area contributed by atoms with Crippen LogP contribution >= 0.6 is 22.7 Å². The second-order valence-electron chi connectivity index (χ2n) is 20.7. The number of fused-ring (bicyclic) bond motifs is 4. The SMILES string of the molecule is CC1(C(=O)Nc2nc(-c3cccc4ccccc34)cs2)CC2c3ccccc3C1c1ccccc12.CC1(CNc2nc(-c3cccc4ccccc34)cs2)CC2c3ccccc3C1c1ccccc12.CCOCC.[AlH3].[H-].[Li+]. The van der Waals surface area contributed by atoms with Gasteiger partial charge in [-0.05, 0) is 105 Å². The molecule has 2 unspecified atom stereocenters. The first-order valence-electron chi connectivity index (χ1n) is 26.1. The predicted molar refractivity (Wildman–Crippen MR) is 319 cm³/mol. The molecule has 8 aromatic carbocycles. The summed E-state index contributed by atoms with van der Waals surface area (Å²) in [6.45, 7) is 11.2. The zero-order chi connectivity index (χ0) is 50.4. The van der Waals surface area contributed by atoms with Crippen molar-refractivity contribution >= 4 is 77.7 Å². The second-order valence-corrected chi connectivity index (χ2v) is 22.4. The van der Waals surface area contributed by atoms with Gasteiger partial charge in [-0.25, -0.2) is 9.97 Å². The van der Waals surface area contributed by atoms with E-state index in [-0.39, 0.29) is 60.8 Å². The fraction of sp³-hybridized carbons (Fsp3) is 0.227. The molecule has 0 aliphatic heterocycles. The molecule has 2 heterocycles. The zero-order valence-corrected chi connectivity index (χ0v) is 45.0. The maximum atomic E-state index is 13.9. The van der Waals surface area contributed by atoms with Crippen LogP contribution in [0, 0.1) is 10.8 Å². The molecule has 6 aliphatic rings. The van der Waals surface area contributed by atoms with E-state index >= 15 is 0 Å². The molecule has 10 heteroatoms. The number of carbonyl (C=O) groups is 1. The predicted octanol–water partition coefficient (Wildman–Crippen LogP) is 12.6. The number of rotatable bonds is 9. The third-order valence-corrected chi connectivity index (χ3v) is 17.9. The van der Waals surface area contributed by atoms with Gasteiger partial charge in [-0.2, -0.15) is 0 Å². The molecule has 76 heavy (non-hydrogen) atoms. The van der Waals surface area contributed by atoms with Crippen molar-refractivity contribution in [2.75, 3.05) is 30.4 Å². The standard InChI is InChI=1S/C31H24N2OS.C31H26N2S.C4H10O.Al.Li.4H/c1-31(17-26-21-12-4-6-14-24(21)28(31)25-15-7-5-13-22(25)26)29(34)33-30-32-27(18-35-30)23-16-8-10-19-9-2-3-11-20(19)23;1-31(17-27-22-12-4-6-14-25(22)29(31)26-15-7-5-13-23(26)27)19-32-30-33-28(18-34-30)24-16-8-10-20-9-2-3-11-21(20)24;1-3-5-4-2;;;;;;/h2-16,18,26,28H,17H2,1H3,(H,32,33,34);2-16,18,27,29H,17,19H2,1H3,(H,32,33);3-4H2,1-2H3;;;;;;/q;;;;+1;;;;-1. The Balaban J connectivity index is 0.000000167. The summed E-state index contributed by atoms with van der Waals surface area (Å²) < 4.78 is 4.83. The van der Waals surface area contributed by atoms with Crippen LogP contribution in [0.2, 0.25) is 0 Å². The van der Waals surface area contributed by atoms with E-state index in [9.17, 15) is 4.79 Å². The van der Waals surface area contributed by atoms with Gasteiger partial charge in [0.2, 0.25) is 5.91 Å². The molecule has 6 nitrogen and oxygen atoms in total. The van der Waals surface area contributed by atoms with Crippen LogP contribution in [0.15, 0.2) is 193 Å². The molecule has 10 aromatic rings. The van der Waals surface area contributed by atoms with Crippen LogP contribution in [0.1, 0.15) is 110 Å². The molecule has 0 saturated heterocycles. The Morgan fingerprint density at radius 3 is 1.41 bits per heavy atom. The van der Waals surface area contributed by atoms with Gasteiger partial charge in [0.05, 0.1) is 16.8 Å². The molecule has 0 radical (unpaired) electrons. The number of carbonyl (C=O) groups excluding carboxylic acids is 1. The number of hydrogen-bond donors (Lipinski definition) is 2. The van der Waals surface area contributed by atoms with E-state index in [4.69, 9.17) is 14.7 Å². The maximum Gasteiger partial charge on any atom is 1.00 e. The Bertz CT molecular complexity index is 3610. The number of nitrogens with zero attached hydrogens (tertiary/aromatic N) is 2. The van der Waals surface area contributed by atoms with Crippen molar-refractivity contribution < 1.29 is 29.8 Å². The van der Waals surface area contributed by atoms with Crippen LogP contribution in [-0.4, -0.2) is 53.0 Å². The molecule has 2 aromatic heterocycles. The monoisotopic (exact) mass is 1040 g/mol. The summed E-state index contributed by atoms with van der Waals surface area (Å²) in [7, 11) is 0. The maximum absolute atomic E-state index is 13.9. The topological polar surface area (TPSA) is 76.1 Å². The summed E-state index contributed by atoms with van der Waals surface area (Å²) in [5.41, 5.74) is 15.2. The van der Waals surface area contributed by atoms with Gasteiger partial charge in [0.1, 0.15) is 0 Å². The number of thiazole rings is 2. The van der Waals surface area contributed by atoms with Crippen molar-refractivity contribution in [3.8, 4) is 22.5 Å². The quantitative estimate of drug-likeness (QED) is 0.141. The van der Waals surface area contributed by atoms with Gasteiger partial charge in [0, 0.05) is 65.3 Å². The van der Waals surface area contributed by atoms with Crippen LogP contribution in [0.5, 0.6) is 0 Å². The first kappa shape index (κ1) is 53.3. The average molecular weight is 1040 g/mol. The number of amides is 1. The third kappa shape index (κ3) is 9.60. The molecule has 1 amide bonds. The molecule has 0 fully saturated rings. The number of hydrogen-bond acceptors (Lipinski definition) is 7. The Morgan fingerprint density at radius 2 is 0.934 bits per heavy atom. The summed E-state index contributed by atoms with van der Waals surface area (Å²) in [4.78, 5) is 23.8. The van der Waals surface area contributed by atoms with Crippen molar-refractivity contribution in [2.45, 2.75) is 64.2 Å². The van der Waals surface area contributed by atoms with Crippen LogP contribution in [0.4, 0.5) is 10.3 Å². The van der Waals surface area contributed by atoms with E-state index in [2.05, 4.69) is 206 Å². The molecular formula is C66H64AlLiN4O2S2. The van der Waals surface area contributed by atoms with Crippen molar-refractivity contribution in [1.29, 1.82) is 0 Å². The van der Waals surface area contributed by atoms with Gasteiger partial charge in [-0.1, -0.05) is 189 Å². The van der Waals surface area contributed by atoms with Crippen LogP contribution in [0.25, 0.3) is 44.1 Å². The molecule has 6 aliphatic carbocycles. The molecule has 16 rings (SSSR count). The molecule has 376 valence electrons. The Labute approximate surface area is 479 Å². The van der Waals surface area contributed by atoms with Crippen LogP contribution < -0.4 is 29.5 Å². The molecule has 4 bridgehead atoms. The van der Waals surface area contributed by atoms with E-state index in [0.717, 1.165) is 48.3 Å². The minimum absolute atomic E-state index is 0. The number of benzene rings is 8. The van der Waals surface area contributed by atoms with Gasteiger partial charge in [-0.15, -0.1) is 22.7 Å². The molecule has 2 N–H and O–H groups in total. The summed E-state index contributed by atoms with van der Waals surface area (Å²) >= 11 is 3.20. The number of ether oxygens (including phenoxy) is 1. The van der Waals surface area contributed by atoms with Gasteiger partial charge in [0.25, 0.3) is 0 Å². The van der Waals surface area contributed by atoms with Gasteiger partial charge in [0.15, 0.2) is 27.6 Å². The Morgan fingerprint density at radius 1 is 0.539 bits per heavy atom. The molecule has 2 atom stereocenters. The smallest absolute Gasteiger partial charge is 1.00 e. The minimum atomic E-state index is -0.543. The second kappa shape index (κ2) is 22.5. The first-order chi connectivity index (χ1) is 36.3. The van der Waals surface area contributed by atoms with Crippen molar-refractivity contribution in [3.63, 3.8) is 0 Å². The van der Waals surface area contributed by atoms with Crippen molar-refractivity contribution in [1.82, 2.24) is 9.97 Å². The summed E-state index contributed by atoms with van der Waals surface area (Å²) in [6.07, 6.45) is 1.97. The first-order valence-corrected chi connectivity index (χ1v) is 27.9. The molecule has 0 spiro atoms. The van der Waals surface area contributed by atoms with E-state index in [1.165, 1.54) is 89.4 Å². The summed E-state index contributed by atoms with van der Waals surface area (Å²) in [5, 5.41) is 17.7. The van der Waals surface area contributed by atoms with Crippen LogP contribution in [0.3, 0.4) is 0 Å². The van der Waals surface area contributed by atoms with Crippen LogP contribution in [-0.2, 0) is 9.53 Å². The molecule has 0 saturated carbocycles. The number of nitrogens with one attached hydrogen (secondary N) is 2. The Kier molecular flexibility index (Phi) is 15.8. The van der Waals surface area contributed by atoms with E-state index < -0.39 is 5.41 Å². The fourth-order valence-electron chi connectivity index (χ4n) is 13.0. The largest absolute Gasteiger partial charge is 1.00 e. The van der Waals surface area contributed by atoms with Gasteiger partial charge < -0.3 is 16.8 Å². The van der Waals surface area contributed by atoms with Gasteiger partial charge >= 0.3 is 18.9 Å². The number of anilines is 2. The van der Waals surface area contributed by atoms with Crippen molar-refractivity contribution in [2.24, 2.45) is 10.8 Å². The minimum Gasteiger partial charge on any atom is -1.00 e. The zero-order valence-electron chi connectivity index (χ0n) is 44.3. The normalized spacial score (nSPS) is 20.7. The van der Waals surface area contributed by atoms with E-state index in [0.29, 0.717) is 17.0 Å². The van der Waals surface area contributed by atoms with E-state index in [1.807, 2.05) is 25.3 Å². The molecular weight excluding hydrogens is 979 g/mol. The number of aromatic nitrogens is 2. The fourth-order valence-corrected chi connectivity index (χ4v) is 14.4. The average Bonchev–Trinajstić information content (AvgIpc) is 4.20. The van der Waals surface area contributed by atoms with Gasteiger partial charge in [-0.3, -0.25) is 4.79 Å².